The molecule has 0 saturated carbocycles. The number of hydrogen-bond donors (Lipinski definition) is 1. The molecule has 1 rings (SSSR count). The molecule has 0 aromatic carbocycles. The van der Waals surface area contributed by atoms with Gasteiger partial charge in [-0.15, -0.1) is 0 Å². The lowest BCUT2D eigenvalue weighted by Crippen LogP contribution is -2.27. The summed E-state index contributed by atoms with van der Waals surface area (Å²) in [5, 5.41) is 13.1. The molecule has 0 aliphatic heterocycles. The number of nitrogens with zero attached hydrogens (tertiary/aromatic N) is 3. The second-order valence-corrected chi connectivity index (χ2v) is 8.37. The van der Waals surface area contributed by atoms with Crippen LogP contribution in [-0.2, 0) is 15.8 Å². The van der Waals surface area contributed by atoms with E-state index in [2.05, 4.69) is 43.9 Å². The molecular weight excluding hydrogens is 262 g/mol. The molecule has 7 heteroatoms. The molecule has 0 amide bonds. The Morgan fingerprint density at radius 2 is 2.05 bits per heavy atom. The van der Waals surface area contributed by atoms with Gasteiger partial charge in [-0.05, 0) is 25.4 Å². The van der Waals surface area contributed by atoms with E-state index in [-0.39, 0.29) is 18.1 Å². The Balaban J connectivity index is 3.06. The number of aryl methyl sites for hydroxylation is 1. The molecule has 108 valence electrons. The highest BCUT2D eigenvalue weighted by Gasteiger charge is 2.31. The number of carbonyl (C=O) groups is 1. The van der Waals surface area contributed by atoms with E-state index < -0.39 is 15.0 Å². The van der Waals surface area contributed by atoms with Gasteiger partial charge in [-0.2, -0.15) is 5.10 Å². The number of hydrogen-bond acceptors (Lipinski definition) is 4. The summed E-state index contributed by atoms with van der Waals surface area (Å²) in [6, 6.07) is 0. The molecule has 0 aliphatic rings. The first-order chi connectivity index (χ1) is 8.61. The van der Waals surface area contributed by atoms with Crippen molar-refractivity contribution in [2.45, 2.75) is 53.4 Å². The lowest BCUT2D eigenvalue weighted by molar-refractivity contribution is -0.137. The number of rotatable bonds is 5. The average Bonchev–Trinajstić information content (AvgIpc) is 2.53. The van der Waals surface area contributed by atoms with E-state index >= 15 is 0 Å². The van der Waals surface area contributed by atoms with Crippen LogP contribution in [0.3, 0.4) is 0 Å². The van der Waals surface area contributed by atoms with Crippen molar-refractivity contribution < 1.29 is 14.3 Å². The van der Waals surface area contributed by atoms with Crippen LogP contribution >= 0.6 is 0 Å². The fourth-order valence-corrected chi connectivity index (χ4v) is 2.83. The Morgan fingerprint density at radius 3 is 2.47 bits per heavy atom. The third kappa shape index (κ3) is 4.43. The van der Waals surface area contributed by atoms with Crippen LogP contribution < -0.4 is 0 Å². The molecule has 1 atom stereocenters. The molecule has 1 unspecified atom stereocenters. The molecule has 1 heterocycles. The Labute approximate surface area is 115 Å². The van der Waals surface area contributed by atoms with Crippen molar-refractivity contribution in [1.82, 2.24) is 14.8 Å². The summed E-state index contributed by atoms with van der Waals surface area (Å²) in [5.74, 6) is 0.249. The zero-order valence-electron chi connectivity index (χ0n) is 12.5. The van der Waals surface area contributed by atoms with Gasteiger partial charge in [-0.1, -0.05) is 20.8 Å². The van der Waals surface area contributed by atoms with Crippen LogP contribution in [0.25, 0.3) is 0 Å². The van der Waals surface area contributed by atoms with Gasteiger partial charge in [-0.3, -0.25) is 4.79 Å². The SMILES string of the molecule is Cc1nc(C(O[SiH](C)C)C(C)(C)C)nn1CC(=O)O. The smallest absolute Gasteiger partial charge is 0.325 e. The van der Waals surface area contributed by atoms with Gasteiger partial charge >= 0.3 is 5.97 Å². The summed E-state index contributed by atoms with van der Waals surface area (Å²) in [7, 11) is -1.24. The first kappa shape index (κ1) is 15.8. The Morgan fingerprint density at radius 1 is 1.47 bits per heavy atom. The van der Waals surface area contributed by atoms with Crippen molar-refractivity contribution in [3.8, 4) is 0 Å². The third-order valence-corrected chi connectivity index (χ3v) is 3.40. The molecule has 0 fully saturated rings. The minimum atomic E-state index is -1.24. The maximum Gasteiger partial charge on any atom is 0.325 e. The van der Waals surface area contributed by atoms with Crippen molar-refractivity contribution in [1.29, 1.82) is 0 Å². The molecule has 0 radical (unpaired) electrons. The predicted octanol–water partition coefficient (Wildman–Crippen LogP) is 1.76. The van der Waals surface area contributed by atoms with Crippen molar-refractivity contribution in [3.63, 3.8) is 0 Å². The van der Waals surface area contributed by atoms with Gasteiger partial charge in [0.25, 0.3) is 0 Å². The van der Waals surface area contributed by atoms with E-state index in [1.54, 1.807) is 6.92 Å². The third-order valence-electron chi connectivity index (χ3n) is 2.59. The molecule has 1 aromatic rings. The van der Waals surface area contributed by atoms with Crippen LogP contribution in [0.4, 0.5) is 0 Å². The molecule has 0 aliphatic carbocycles. The molecule has 1 aromatic heterocycles. The van der Waals surface area contributed by atoms with Crippen molar-refractivity contribution in [3.05, 3.63) is 11.6 Å². The molecule has 19 heavy (non-hydrogen) atoms. The maximum absolute atomic E-state index is 10.8. The fourth-order valence-electron chi connectivity index (χ4n) is 1.76. The maximum atomic E-state index is 10.8. The highest BCUT2D eigenvalue weighted by molar-refractivity contribution is 6.48. The fraction of sp³-hybridized carbons (Fsp3) is 0.750. The lowest BCUT2D eigenvalue weighted by atomic mass is 9.89. The van der Waals surface area contributed by atoms with Crippen LogP contribution in [-0.4, -0.2) is 34.9 Å². The van der Waals surface area contributed by atoms with Gasteiger partial charge in [0.1, 0.15) is 18.5 Å². The highest BCUT2D eigenvalue weighted by atomic mass is 28.3. The van der Waals surface area contributed by atoms with E-state index in [0.29, 0.717) is 11.6 Å². The average molecular weight is 285 g/mol. The van der Waals surface area contributed by atoms with Gasteiger partial charge in [0, 0.05) is 0 Å². The van der Waals surface area contributed by atoms with Gasteiger partial charge in [0.2, 0.25) is 0 Å². The minimum Gasteiger partial charge on any atom is -0.480 e. The zero-order valence-corrected chi connectivity index (χ0v) is 13.6. The normalized spacial score (nSPS) is 13.8. The van der Waals surface area contributed by atoms with Crippen LogP contribution in [0.15, 0.2) is 0 Å². The standard InChI is InChI=1S/C12H23N3O3Si/c1-8-13-11(14-15(8)7-9(16)17)10(12(2,3)4)18-19(5)6/h10,19H,7H2,1-6H3,(H,16,17). The van der Waals surface area contributed by atoms with Crippen molar-refractivity contribution in [2.24, 2.45) is 5.41 Å². The van der Waals surface area contributed by atoms with Gasteiger partial charge in [0.15, 0.2) is 14.9 Å². The van der Waals surface area contributed by atoms with Crippen LogP contribution in [0.2, 0.25) is 13.1 Å². The number of carboxylic acids is 1. The van der Waals surface area contributed by atoms with Crippen LogP contribution in [0.1, 0.15) is 38.5 Å². The quantitative estimate of drug-likeness (QED) is 0.834. The summed E-state index contributed by atoms with van der Waals surface area (Å²) in [6.45, 7) is 12.0. The first-order valence-corrected chi connectivity index (χ1v) is 9.18. The molecule has 6 nitrogen and oxygen atoms in total. The summed E-state index contributed by atoms with van der Waals surface area (Å²) < 4.78 is 7.43. The Bertz CT molecular complexity index is 452. The monoisotopic (exact) mass is 285 g/mol. The van der Waals surface area contributed by atoms with Crippen LogP contribution in [0.5, 0.6) is 0 Å². The summed E-state index contributed by atoms with van der Waals surface area (Å²) >= 11 is 0. The van der Waals surface area contributed by atoms with Crippen LogP contribution in [0, 0.1) is 12.3 Å². The Kier molecular flexibility index (Phi) is 4.86. The van der Waals surface area contributed by atoms with Gasteiger partial charge < -0.3 is 9.53 Å². The van der Waals surface area contributed by atoms with E-state index in [1.807, 2.05) is 0 Å². The molecule has 0 bridgehead atoms. The largest absolute Gasteiger partial charge is 0.480 e. The number of aliphatic carboxylic acids is 1. The zero-order chi connectivity index (χ0) is 14.8. The van der Waals surface area contributed by atoms with E-state index in [4.69, 9.17) is 9.53 Å². The molecule has 1 N–H and O–H groups in total. The predicted molar refractivity (Wildman–Crippen MR) is 74.6 cm³/mol. The topological polar surface area (TPSA) is 77.2 Å². The molecule has 0 spiro atoms. The van der Waals surface area contributed by atoms with Gasteiger partial charge in [0.05, 0.1) is 0 Å². The van der Waals surface area contributed by atoms with Crippen molar-refractivity contribution in [2.75, 3.05) is 0 Å². The minimum absolute atomic E-state index is 0.126. The lowest BCUT2D eigenvalue weighted by Gasteiger charge is -2.30. The summed E-state index contributed by atoms with van der Waals surface area (Å²) in [6.07, 6.45) is -0.201. The summed E-state index contributed by atoms with van der Waals surface area (Å²) in [5.41, 5.74) is -0.126. The number of carboxylic acid groups (broad SMARTS) is 1. The Hall–Kier alpha value is -1.21. The van der Waals surface area contributed by atoms with E-state index in [9.17, 15) is 4.79 Å². The van der Waals surface area contributed by atoms with E-state index in [1.165, 1.54) is 4.68 Å². The summed E-state index contributed by atoms with van der Waals surface area (Å²) in [4.78, 5) is 15.1. The first-order valence-electron chi connectivity index (χ1n) is 6.40. The second-order valence-electron chi connectivity index (χ2n) is 6.00. The van der Waals surface area contributed by atoms with Gasteiger partial charge in [-0.25, -0.2) is 9.67 Å². The van der Waals surface area contributed by atoms with Crippen molar-refractivity contribution >= 4 is 15.0 Å². The molecular formula is C12H23N3O3Si. The number of aromatic nitrogens is 3. The molecule has 0 saturated heterocycles. The second kappa shape index (κ2) is 5.83. The van der Waals surface area contributed by atoms with E-state index in [0.717, 1.165) is 0 Å². The highest BCUT2D eigenvalue weighted by Crippen LogP contribution is 2.34.